The SMILES string of the molecule is C.C.CC(C)(C)C(=O)OCCOP(=O)(O)O.CC(C)(C)C(=O)OCCOP(=O)(O)O. The number of phosphoric ester groups is 2. The summed E-state index contributed by atoms with van der Waals surface area (Å²) in [5.41, 5.74) is -1.25. The third-order valence-corrected chi connectivity index (χ3v) is 3.41. The minimum Gasteiger partial charge on any atom is -0.463 e. The van der Waals surface area contributed by atoms with Crippen LogP contribution in [0.15, 0.2) is 0 Å². The Morgan fingerprint density at radius 3 is 1.03 bits per heavy atom. The lowest BCUT2D eigenvalue weighted by Gasteiger charge is -2.16. The molecule has 0 heterocycles. The summed E-state index contributed by atoms with van der Waals surface area (Å²) >= 11 is 0. The van der Waals surface area contributed by atoms with Gasteiger partial charge in [-0.2, -0.15) is 0 Å². The Hall–Kier alpha value is -0.840. The van der Waals surface area contributed by atoms with Crippen LogP contribution in [0.25, 0.3) is 0 Å². The van der Waals surface area contributed by atoms with Gasteiger partial charge in [0.15, 0.2) is 0 Å². The summed E-state index contributed by atoms with van der Waals surface area (Å²) in [4.78, 5) is 55.4. The minimum atomic E-state index is -4.46. The molecule has 4 N–H and O–H groups in total. The second-order valence-corrected chi connectivity index (χ2v) is 9.90. The maximum Gasteiger partial charge on any atom is 0.469 e. The van der Waals surface area contributed by atoms with E-state index >= 15 is 0 Å². The van der Waals surface area contributed by atoms with Crippen LogP contribution < -0.4 is 0 Å². The summed E-state index contributed by atoms with van der Waals surface area (Å²) in [5.74, 6) is -0.876. The molecule has 30 heavy (non-hydrogen) atoms. The van der Waals surface area contributed by atoms with Crippen molar-refractivity contribution in [2.45, 2.75) is 56.4 Å². The molecule has 14 heteroatoms. The average molecular weight is 484 g/mol. The Labute approximate surface area is 178 Å². The molecule has 0 fully saturated rings. The molecule has 0 saturated carbocycles. The number of esters is 2. The van der Waals surface area contributed by atoms with Crippen LogP contribution >= 0.6 is 15.6 Å². The lowest BCUT2D eigenvalue weighted by Crippen LogP contribution is -2.24. The molecule has 0 unspecified atom stereocenters. The van der Waals surface area contributed by atoms with E-state index in [0.717, 1.165) is 0 Å². The molecule has 0 aliphatic heterocycles. The number of hydrogen-bond acceptors (Lipinski definition) is 8. The molecule has 0 saturated heterocycles. The van der Waals surface area contributed by atoms with Crippen LogP contribution in [0, 0.1) is 10.8 Å². The first-order chi connectivity index (χ1) is 12.3. The van der Waals surface area contributed by atoms with Crippen molar-refractivity contribution in [1.82, 2.24) is 0 Å². The molecule has 0 radical (unpaired) electrons. The Morgan fingerprint density at radius 2 is 0.867 bits per heavy atom. The molecule has 0 aromatic carbocycles. The van der Waals surface area contributed by atoms with Crippen molar-refractivity contribution >= 4 is 27.6 Å². The summed E-state index contributed by atoms with van der Waals surface area (Å²) in [6.07, 6.45) is 0. The second-order valence-electron chi connectivity index (χ2n) is 7.42. The highest BCUT2D eigenvalue weighted by molar-refractivity contribution is 7.46. The van der Waals surface area contributed by atoms with E-state index in [0.29, 0.717) is 0 Å². The monoisotopic (exact) mass is 484 g/mol. The normalized spacial score (nSPS) is 11.8. The van der Waals surface area contributed by atoms with E-state index in [4.69, 9.17) is 29.0 Å². The summed E-state index contributed by atoms with van der Waals surface area (Å²) in [6.45, 7) is 9.12. The van der Waals surface area contributed by atoms with Crippen LogP contribution in [0.2, 0.25) is 0 Å². The molecule has 12 nitrogen and oxygen atoms in total. The molecule has 0 aliphatic rings. The van der Waals surface area contributed by atoms with Gasteiger partial charge in [0.25, 0.3) is 0 Å². The third-order valence-electron chi connectivity index (χ3n) is 2.38. The standard InChI is InChI=1S/2C7H15O6P.2CH4/c2*1-7(2,3)6(8)12-4-5-13-14(9,10)11;;/h2*4-5H2,1-3H3,(H2,9,10,11);2*1H4. The van der Waals surface area contributed by atoms with Gasteiger partial charge in [0, 0.05) is 0 Å². The van der Waals surface area contributed by atoms with Gasteiger partial charge >= 0.3 is 27.6 Å². The lowest BCUT2D eigenvalue weighted by atomic mass is 9.97. The molecular formula is C16H38O12P2. The Kier molecular flexibility index (Phi) is 18.3. The van der Waals surface area contributed by atoms with Crippen LogP contribution in [-0.4, -0.2) is 57.9 Å². The molecule has 184 valence electrons. The summed E-state index contributed by atoms with van der Waals surface area (Å²) in [5, 5.41) is 0. The molecule has 0 bridgehead atoms. The first-order valence-corrected chi connectivity index (χ1v) is 11.1. The minimum absolute atomic E-state index is 0. The fourth-order valence-electron chi connectivity index (χ4n) is 1.01. The van der Waals surface area contributed by atoms with Gasteiger partial charge in [-0.15, -0.1) is 0 Å². The molecule has 0 spiro atoms. The van der Waals surface area contributed by atoms with Crippen molar-refractivity contribution in [2.75, 3.05) is 26.4 Å². The largest absolute Gasteiger partial charge is 0.469 e. The number of carbonyl (C=O) groups is 2. The number of carbonyl (C=O) groups excluding carboxylic acids is 2. The zero-order valence-corrected chi connectivity index (χ0v) is 18.6. The van der Waals surface area contributed by atoms with Gasteiger partial charge in [-0.3, -0.25) is 18.6 Å². The molecule has 0 aromatic heterocycles. The lowest BCUT2D eigenvalue weighted by molar-refractivity contribution is -0.154. The molecule has 0 amide bonds. The van der Waals surface area contributed by atoms with E-state index in [2.05, 4.69) is 9.05 Å². The zero-order valence-electron chi connectivity index (χ0n) is 16.8. The van der Waals surface area contributed by atoms with Crippen molar-refractivity contribution in [3.8, 4) is 0 Å². The van der Waals surface area contributed by atoms with Crippen molar-refractivity contribution in [2.24, 2.45) is 10.8 Å². The van der Waals surface area contributed by atoms with E-state index in [1.807, 2.05) is 0 Å². The number of ether oxygens (including phenoxy) is 2. The van der Waals surface area contributed by atoms with E-state index in [-0.39, 0.29) is 41.3 Å². The van der Waals surface area contributed by atoms with Crippen molar-refractivity contribution in [3.05, 3.63) is 0 Å². The van der Waals surface area contributed by atoms with E-state index < -0.39 is 38.4 Å². The van der Waals surface area contributed by atoms with Crippen molar-refractivity contribution < 1.29 is 56.8 Å². The van der Waals surface area contributed by atoms with E-state index in [9.17, 15) is 18.7 Å². The fourth-order valence-corrected chi connectivity index (χ4v) is 1.64. The summed E-state index contributed by atoms with van der Waals surface area (Å²) in [6, 6.07) is 0. The van der Waals surface area contributed by atoms with Gasteiger partial charge in [0.2, 0.25) is 0 Å². The summed E-state index contributed by atoms with van der Waals surface area (Å²) < 4.78 is 38.0. The van der Waals surface area contributed by atoms with Gasteiger partial charge in [0.05, 0.1) is 24.0 Å². The number of rotatable bonds is 8. The maximum absolute atomic E-state index is 11.1. The molecule has 0 atom stereocenters. The molecule has 0 aromatic rings. The predicted octanol–water partition coefficient (Wildman–Crippen LogP) is 2.64. The van der Waals surface area contributed by atoms with E-state index in [1.54, 1.807) is 41.5 Å². The second kappa shape index (κ2) is 15.0. The van der Waals surface area contributed by atoms with Crippen molar-refractivity contribution in [1.29, 1.82) is 0 Å². The van der Waals surface area contributed by atoms with Gasteiger partial charge in [-0.05, 0) is 41.5 Å². The number of phosphoric acid groups is 2. The highest BCUT2D eigenvalue weighted by Crippen LogP contribution is 2.35. The Bertz CT molecular complexity index is 528. The van der Waals surface area contributed by atoms with Crippen LogP contribution in [0.1, 0.15) is 56.4 Å². The summed E-state index contributed by atoms with van der Waals surface area (Å²) in [7, 11) is -8.92. The smallest absolute Gasteiger partial charge is 0.463 e. The quantitative estimate of drug-likeness (QED) is 0.224. The maximum atomic E-state index is 11.1. The highest BCUT2D eigenvalue weighted by atomic mass is 31.2. The van der Waals surface area contributed by atoms with Gasteiger partial charge < -0.3 is 29.0 Å². The zero-order chi connectivity index (χ0) is 22.8. The highest BCUT2D eigenvalue weighted by Gasteiger charge is 2.24. The van der Waals surface area contributed by atoms with Crippen LogP contribution in [-0.2, 0) is 37.2 Å². The van der Waals surface area contributed by atoms with Gasteiger partial charge in [-0.1, -0.05) is 14.9 Å². The average Bonchev–Trinajstić information content (AvgIpc) is 2.44. The Balaban J connectivity index is -0.000000211. The van der Waals surface area contributed by atoms with Crippen LogP contribution in [0.5, 0.6) is 0 Å². The first-order valence-electron chi connectivity index (χ1n) is 8.00. The van der Waals surface area contributed by atoms with Crippen LogP contribution in [0.4, 0.5) is 0 Å². The van der Waals surface area contributed by atoms with Crippen LogP contribution in [0.3, 0.4) is 0 Å². The molecule has 0 rings (SSSR count). The fraction of sp³-hybridized carbons (Fsp3) is 0.875. The first kappa shape index (κ1) is 36.5. The van der Waals surface area contributed by atoms with Crippen molar-refractivity contribution in [3.63, 3.8) is 0 Å². The van der Waals surface area contributed by atoms with Gasteiger partial charge in [0.1, 0.15) is 13.2 Å². The Morgan fingerprint density at radius 1 is 0.633 bits per heavy atom. The number of hydrogen-bond donors (Lipinski definition) is 4. The molecule has 0 aliphatic carbocycles. The molecular weight excluding hydrogens is 446 g/mol. The van der Waals surface area contributed by atoms with E-state index in [1.165, 1.54) is 0 Å². The third kappa shape index (κ3) is 25.2. The van der Waals surface area contributed by atoms with Gasteiger partial charge in [-0.25, -0.2) is 9.13 Å². The predicted molar refractivity (Wildman–Crippen MR) is 110 cm³/mol. The topological polar surface area (TPSA) is 186 Å².